The van der Waals surface area contributed by atoms with Crippen LogP contribution < -0.4 is 5.32 Å². The molecule has 2 amide bonds. The fourth-order valence-corrected chi connectivity index (χ4v) is 3.01. The normalized spacial score (nSPS) is 17.3. The monoisotopic (exact) mass is 372 g/mol. The highest BCUT2D eigenvalue weighted by Gasteiger charge is 2.32. The van der Waals surface area contributed by atoms with Gasteiger partial charge in [-0.2, -0.15) is 13.2 Å². The van der Waals surface area contributed by atoms with E-state index in [0.29, 0.717) is 31.4 Å². The van der Waals surface area contributed by atoms with Crippen LogP contribution in [0.2, 0.25) is 0 Å². The van der Waals surface area contributed by atoms with Gasteiger partial charge in [0.2, 0.25) is 11.8 Å². The molecule has 5 nitrogen and oxygen atoms in total. The Bertz CT molecular complexity index is 645. The molecule has 0 radical (unpaired) electrons. The second kappa shape index (κ2) is 8.53. The van der Waals surface area contributed by atoms with E-state index in [1.54, 1.807) is 11.8 Å². The number of alkyl halides is 3. The van der Waals surface area contributed by atoms with Gasteiger partial charge in [-0.25, -0.2) is 0 Å². The van der Waals surface area contributed by atoms with E-state index in [1.807, 2.05) is 0 Å². The van der Waals surface area contributed by atoms with Gasteiger partial charge in [-0.1, -0.05) is 19.1 Å². The molecule has 2 rings (SSSR count). The Hall–Kier alpha value is -2.09. The molecule has 0 bridgehead atoms. The number of benzene rings is 1. The van der Waals surface area contributed by atoms with Gasteiger partial charge in [-0.3, -0.25) is 9.59 Å². The number of halogens is 3. The third-order valence-corrected chi connectivity index (χ3v) is 4.45. The molecule has 1 aromatic rings. The Balaban J connectivity index is 2.27. The molecule has 0 spiro atoms. The summed E-state index contributed by atoms with van der Waals surface area (Å²) in [4.78, 5) is 25.8. The Kier molecular flexibility index (Phi) is 6.63. The average Bonchev–Trinajstić information content (AvgIpc) is 2.99. The third kappa shape index (κ3) is 4.97. The molecule has 1 fully saturated rings. The number of hydrogen-bond acceptors (Lipinski definition) is 3. The lowest BCUT2D eigenvalue weighted by Gasteiger charge is -2.27. The zero-order valence-corrected chi connectivity index (χ0v) is 14.8. The first-order valence-electron chi connectivity index (χ1n) is 8.54. The second-order valence-electron chi connectivity index (χ2n) is 6.26. The second-order valence-corrected chi connectivity index (χ2v) is 6.26. The Morgan fingerprint density at radius 3 is 2.65 bits per heavy atom. The minimum atomic E-state index is -4.48. The molecule has 2 unspecified atom stereocenters. The lowest BCUT2D eigenvalue weighted by molar-refractivity contribution is -0.137. The highest BCUT2D eigenvalue weighted by Crippen LogP contribution is 2.31. The molecule has 1 aliphatic heterocycles. The first-order valence-corrected chi connectivity index (χ1v) is 8.54. The molecule has 26 heavy (non-hydrogen) atoms. The molecule has 0 saturated carbocycles. The van der Waals surface area contributed by atoms with Crippen LogP contribution >= 0.6 is 0 Å². The number of nitrogens with zero attached hydrogens (tertiary/aromatic N) is 1. The summed E-state index contributed by atoms with van der Waals surface area (Å²) < 4.78 is 44.2. The standard InChI is InChI=1S/C18H23F3N2O3/c1-3-15(26-2)17(25)22-14(11-23-9-5-8-16(23)24)12-6-4-7-13(10-12)18(19,20)21/h4,6-7,10,14-15H,3,5,8-9,11H2,1-2H3,(H,22,25). The van der Waals surface area contributed by atoms with E-state index in [1.165, 1.54) is 19.2 Å². The van der Waals surface area contributed by atoms with Crippen LogP contribution in [0, 0.1) is 0 Å². The zero-order valence-electron chi connectivity index (χ0n) is 14.8. The highest BCUT2D eigenvalue weighted by atomic mass is 19.4. The van der Waals surface area contributed by atoms with Crippen LogP contribution in [0.3, 0.4) is 0 Å². The van der Waals surface area contributed by atoms with E-state index < -0.39 is 29.8 Å². The summed E-state index contributed by atoms with van der Waals surface area (Å²) in [6.07, 6.45) is -3.62. The van der Waals surface area contributed by atoms with Crippen LogP contribution in [0.25, 0.3) is 0 Å². The van der Waals surface area contributed by atoms with Gasteiger partial charge in [0.25, 0.3) is 0 Å². The van der Waals surface area contributed by atoms with E-state index in [9.17, 15) is 22.8 Å². The van der Waals surface area contributed by atoms with Crippen LogP contribution in [0.4, 0.5) is 13.2 Å². The number of rotatable bonds is 7. The number of carbonyl (C=O) groups is 2. The van der Waals surface area contributed by atoms with Crippen molar-refractivity contribution in [2.24, 2.45) is 0 Å². The van der Waals surface area contributed by atoms with Crippen molar-refractivity contribution < 1.29 is 27.5 Å². The van der Waals surface area contributed by atoms with Crippen LogP contribution in [-0.2, 0) is 20.5 Å². The van der Waals surface area contributed by atoms with Crippen molar-refractivity contribution in [3.8, 4) is 0 Å². The zero-order chi connectivity index (χ0) is 19.3. The molecule has 144 valence electrons. The van der Waals surface area contributed by atoms with Crippen LogP contribution in [0.1, 0.15) is 43.4 Å². The Morgan fingerprint density at radius 1 is 1.38 bits per heavy atom. The van der Waals surface area contributed by atoms with Crippen LogP contribution in [-0.4, -0.2) is 43.0 Å². The molecule has 1 aromatic carbocycles. The summed E-state index contributed by atoms with van der Waals surface area (Å²) in [6, 6.07) is 4.08. The van der Waals surface area contributed by atoms with Gasteiger partial charge in [0.15, 0.2) is 0 Å². The van der Waals surface area contributed by atoms with Crippen molar-refractivity contribution in [1.82, 2.24) is 10.2 Å². The van der Waals surface area contributed by atoms with Crippen molar-refractivity contribution in [1.29, 1.82) is 0 Å². The molecule has 1 N–H and O–H groups in total. The van der Waals surface area contributed by atoms with E-state index in [0.717, 1.165) is 12.1 Å². The van der Waals surface area contributed by atoms with E-state index in [2.05, 4.69) is 5.32 Å². The number of amides is 2. The first-order chi connectivity index (χ1) is 12.3. The fourth-order valence-electron chi connectivity index (χ4n) is 3.01. The topological polar surface area (TPSA) is 58.6 Å². The molecule has 8 heteroatoms. The van der Waals surface area contributed by atoms with Gasteiger partial charge in [0.1, 0.15) is 6.10 Å². The number of methoxy groups -OCH3 is 1. The lowest BCUT2D eigenvalue weighted by atomic mass is 10.0. The maximum atomic E-state index is 13.0. The predicted molar refractivity (Wildman–Crippen MR) is 89.2 cm³/mol. The summed E-state index contributed by atoms with van der Waals surface area (Å²) in [5, 5.41) is 2.74. The number of hydrogen-bond donors (Lipinski definition) is 1. The van der Waals surface area contributed by atoms with Crippen molar-refractivity contribution in [3.05, 3.63) is 35.4 Å². The highest BCUT2D eigenvalue weighted by molar-refractivity contribution is 5.81. The molecular weight excluding hydrogens is 349 g/mol. The van der Waals surface area contributed by atoms with Crippen molar-refractivity contribution in [2.45, 2.75) is 44.5 Å². The minimum Gasteiger partial charge on any atom is -0.372 e. The molecule has 2 atom stereocenters. The number of ether oxygens (including phenoxy) is 1. The van der Waals surface area contributed by atoms with Gasteiger partial charge < -0.3 is 15.0 Å². The third-order valence-electron chi connectivity index (χ3n) is 4.45. The fraction of sp³-hybridized carbons (Fsp3) is 0.556. The molecule has 1 saturated heterocycles. The molecule has 1 aliphatic rings. The molecular formula is C18H23F3N2O3. The maximum absolute atomic E-state index is 13.0. The Labute approximate surface area is 150 Å². The van der Waals surface area contributed by atoms with Crippen LogP contribution in [0.15, 0.2) is 24.3 Å². The van der Waals surface area contributed by atoms with E-state index in [-0.39, 0.29) is 12.5 Å². The lowest BCUT2D eigenvalue weighted by Crippen LogP contribution is -2.43. The van der Waals surface area contributed by atoms with Gasteiger partial charge >= 0.3 is 6.18 Å². The van der Waals surface area contributed by atoms with E-state index in [4.69, 9.17) is 4.74 Å². The van der Waals surface area contributed by atoms with Gasteiger partial charge in [-0.15, -0.1) is 0 Å². The minimum absolute atomic E-state index is 0.0602. The maximum Gasteiger partial charge on any atom is 0.416 e. The summed E-state index contributed by atoms with van der Waals surface area (Å²) in [5.74, 6) is -0.473. The quantitative estimate of drug-likeness (QED) is 0.801. The summed E-state index contributed by atoms with van der Waals surface area (Å²) >= 11 is 0. The molecule has 0 aromatic heterocycles. The molecule has 0 aliphatic carbocycles. The predicted octanol–water partition coefficient (Wildman–Crippen LogP) is 2.91. The van der Waals surface area contributed by atoms with E-state index >= 15 is 0 Å². The van der Waals surface area contributed by atoms with Gasteiger partial charge in [0, 0.05) is 26.6 Å². The van der Waals surface area contributed by atoms with Gasteiger partial charge in [-0.05, 0) is 30.5 Å². The average molecular weight is 372 g/mol. The number of likely N-dealkylation sites (tertiary alicyclic amines) is 1. The van der Waals surface area contributed by atoms with Gasteiger partial charge in [0.05, 0.1) is 11.6 Å². The number of nitrogens with one attached hydrogen (secondary N) is 1. The van der Waals surface area contributed by atoms with Crippen molar-refractivity contribution in [2.75, 3.05) is 20.2 Å². The summed E-state index contributed by atoms with van der Waals surface area (Å²) in [7, 11) is 1.40. The van der Waals surface area contributed by atoms with Crippen LogP contribution in [0.5, 0.6) is 0 Å². The number of carbonyl (C=O) groups excluding carboxylic acids is 2. The SMILES string of the molecule is CCC(OC)C(=O)NC(CN1CCCC1=O)c1cccc(C(F)(F)F)c1. The summed E-state index contributed by atoms with van der Waals surface area (Å²) in [6.45, 7) is 2.44. The Morgan fingerprint density at radius 2 is 2.12 bits per heavy atom. The molecule has 1 heterocycles. The largest absolute Gasteiger partial charge is 0.416 e. The van der Waals surface area contributed by atoms with Crippen molar-refractivity contribution >= 4 is 11.8 Å². The summed E-state index contributed by atoms with van der Waals surface area (Å²) in [5.41, 5.74) is -0.486. The smallest absolute Gasteiger partial charge is 0.372 e. The van der Waals surface area contributed by atoms with Crippen molar-refractivity contribution in [3.63, 3.8) is 0 Å². The first kappa shape index (κ1) is 20.2.